The lowest BCUT2D eigenvalue weighted by Crippen LogP contribution is -2.42. The maximum Gasteiger partial charge on any atom is 0.244 e. The highest BCUT2D eigenvalue weighted by Gasteiger charge is 2.36. The van der Waals surface area contributed by atoms with Crippen LogP contribution in [-0.2, 0) is 14.8 Å². The van der Waals surface area contributed by atoms with Gasteiger partial charge in [0.05, 0.1) is 19.1 Å². The van der Waals surface area contributed by atoms with Crippen LogP contribution < -0.4 is 10.1 Å². The van der Waals surface area contributed by atoms with Crippen molar-refractivity contribution < 1.29 is 22.3 Å². The average molecular weight is 399 g/mol. The van der Waals surface area contributed by atoms with Crippen LogP contribution >= 0.6 is 11.3 Å². The maximum absolute atomic E-state index is 13.8. The van der Waals surface area contributed by atoms with Crippen molar-refractivity contribution in [2.24, 2.45) is 0 Å². The van der Waals surface area contributed by atoms with Crippen molar-refractivity contribution in [2.75, 3.05) is 25.2 Å². The molecule has 0 spiro atoms. The molecule has 1 N–H and O–H groups in total. The lowest BCUT2D eigenvalue weighted by Gasteiger charge is -2.20. The molecule has 1 saturated heterocycles. The Labute approximate surface area is 154 Å². The van der Waals surface area contributed by atoms with Gasteiger partial charge >= 0.3 is 0 Å². The van der Waals surface area contributed by atoms with Crippen molar-refractivity contribution in [3.05, 3.63) is 29.4 Å². The number of ether oxygens (including phenoxy) is 1. The Morgan fingerprint density at radius 3 is 2.88 bits per heavy atom. The van der Waals surface area contributed by atoms with E-state index in [1.807, 2.05) is 0 Å². The van der Waals surface area contributed by atoms with Gasteiger partial charge in [-0.2, -0.15) is 4.31 Å². The fourth-order valence-electron chi connectivity index (χ4n) is 2.88. The van der Waals surface area contributed by atoms with Crippen LogP contribution in [0.15, 0.2) is 23.6 Å². The Kier molecular flexibility index (Phi) is 5.26. The number of anilines is 1. The predicted molar refractivity (Wildman–Crippen MR) is 97.3 cm³/mol. The van der Waals surface area contributed by atoms with Crippen LogP contribution in [0, 0.1) is 5.82 Å². The third kappa shape index (κ3) is 3.87. The van der Waals surface area contributed by atoms with E-state index >= 15 is 0 Å². The number of methoxy groups -OCH3 is 1. The number of halogens is 1. The Morgan fingerprint density at radius 1 is 1.46 bits per heavy atom. The molecule has 1 fully saturated rings. The zero-order valence-electron chi connectivity index (χ0n) is 14.2. The number of nitrogens with one attached hydrogen (secondary N) is 1. The van der Waals surface area contributed by atoms with Gasteiger partial charge in [-0.1, -0.05) is 0 Å². The molecule has 0 unspecified atom stereocenters. The summed E-state index contributed by atoms with van der Waals surface area (Å²) in [4.78, 5) is 16.7. The van der Waals surface area contributed by atoms with Gasteiger partial charge in [-0.25, -0.2) is 17.8 Å². The van der Waals surface area contributed by atoms with Gasteiger partial charge in [0.2, 0.25) is 15.9 Å². The predicted octanol–water partition coefficient (Wildman–Crippen LogP) is 2.32. The second kappa shape index (κ2) is 7.29. The van der Waals surface area contributed by atoms with Gasteiger partial charge in [0.15, 0.2) is 16.7 Å². The van der Waals surface area contributed by atoms with E-state index in [1.54, 1.807) is 11.4 Å². The summed E-state index contributed by atoms with van der Waals surface area (Å²) in [6.45, 7) is 0.338. The molecule has 2 aromatic rings. The number of hydrogen-bond acceptors (Lipinski definition) is 6. The van der Waals surface area contributed by atoms with E-state index in [0.717, 1.165) is 6.26 Å². The van der Waals surface area contributed by atoms with Crippen LogP contribution in [0.25, 0.3) is 11.3 Å². The lowest BCUT2D eigenvalue weighted by atomic mass is 10.1. The third-order valence-electron chi connectivity index (χ3n) is 4.11. The van der Waals surface area contributed by atoms with Crippen molar-refractivity contribution in [1.29, 1.82) is 0 Å². The fourth-order valence-corrected chi connectivity index (χ4v) is 4.72. The number of sulfonamides is 1. The molecule has 0 aliphatic carbocycles. The largest absolute Gasteiger partial charge is 0.494 e. The van der Waals surface area contributed by atoms with Crippen molar-refractivity contribution in [3.63, 3.8) is 0 Å². The Balaban J connectivity index is 1.74. The van der Waals surface area contributed by atoms with Gasteiger partial charge in [0, 0.05) is 17.5 Å². The molecule has 1 amide bonds. The van der Waals surface area contributed by atoms with E-state index in [1.165, 1.54) is 34.9 Å². The summed E-state index contributed by atoms with van der Waals surface area (Å²) in [7, 11) is -2.05. The zero-order valence-corrected chi connectivity index (χ0v) is 15.9. The summed E-state index contributed by atoms with van der Waals surface area (Å²) in [6.07, 6.45) is 2.21. The second-order valence-corrected chi connectivity index (χ2v) is 8.70. The van der Waals surface area contributed by atoms with E-state index in [0.29, 0.717) is 35.8 Å². The highest BCUT2D eigenvalue weighted by Crippen LogP contribution is 2.29. The molecule has 3 rings (SSSR count). The Morgan fingerprint density at radius 2 is 2.23 bits per heavy atom. The number of benzene rings is 1. The van der Waals surface area contributed by atoms with Gasteiger partial charge in [-0.15, -0.1) is 11.3 Å². The first-order valence-electron chi connectivity index (χ1n) is 7.86. The number of carbonyl (C=O) groups is 1. The summed E-state index contributed by atoms with van der Waals surface area (Å²) < 4.78 is 43.4. The van der Waals surface area contributed by atoms with Crippen LogP contribution in [0.3, 0.4) is 0 Å². The molecule has 26 heavy (non-hydrogen) atoms. The maximum atomic E-state index is 13.8. The number of hydrogen-bond donors (Lipinski definition) is 1. The molecule has 1 atom stereocenters. The minimum absolute atomic E-state index is 0.139. The molecule has 10 heteroatoms. The fraction of sp³-hybridized carbons (Fsp3) is 0.375. The zero-order chi connectivity index (χ0) is 18.9. The molecule has 1 aromatic carbocycles. The molecule has 1 aromatic heterocycles. The van der Waals surface area contributed by atoms with E-state index in [9.17, 15) is 17.6 Å². The monoisotopic (exact) mass is 399 g/mol. The van der Waals surface area contributed by atoms with Gasteiger partial charge in [-0.05, 0) is 31.0 Å². The molecule has 0 bridgehead atoms. The van der Waals surface area contributed by atoms with Crippen LogP contribution in [0.2, 0.25) is 0 Å². The first-order valence-corrected chi connectivity index (χ1v) is 10.6. The van der Waals surface area contributed by atoms with Crippen LogP contribution in [0.1, 0.15) is 12.8 Å². The summed E-state index contributed by atoms with van der Waals surface area (Å²) in [6, 6.07) is 3.76. The molecule has 140 valence electrons. The van der Waals surface area contributed by atoms with E-state index in [2.05, 4.69) is 10.3 Å². The minimum atomic E-state index is -3.44. The van der Waals surface area contributed by atoms with Gasteiger partial charge < -0.3 is 10.1 Å². The molecule has 0 saturated carbocycles. The lowest BCUT2D eigenvalue weighted by molar-refractivity contribution is -0.119. The van der Waals surface area contributed by atoms with Crippen LogP contribution in [0.4, 0.5) is 9.52 Å². The number of aromatic nitrogens is 1. The number of nitrogens with zero attached hydrogens (tertiary/aromatic N) is 2. The van der Waals surface area contributed by atoms with Gasteiger partial charge in [0.1, 0.15) is 6.04 Å². The topological polar surface area (TPSA) is 88.6 Å². The summed E-state index contributed by atoms with van der Waals surface area (Å²) >= 11 is 1.19. The number of thiazole rings is 1. The molecule has 7 nitrogen and oxygen atoms in total. The SMILES string of the molecule is COc1ccc(-c2csc(NC(=O)[C@@H]3CCCN3S(C)(=O)=O)n2)cc1F. The first kappa shape index (κ1) is 18.7. The van der Waals surface area contributed by atoms with Crippen molar-refractivity contribution in [2.45, 2.75) is 18.9 Å². The van der Waals surface area contributed by atoms with E-state index < -0.39 is 27.8 Å². The minimum Gasteiger partial charge on any atom is -0.494 e. The van der Waals surface area contributed by atoms with Gasteiger partial charge in [0.25, 0.3) is 0 Å². The first-order chi connectivity index (χ1) is 12.3. The third-order valence-corrected chi connectivity index (χ3v) is 6.16. The normalized spacial score (nSPS) is 18.0. The number of carbonyl (C=O) groups excluding carboxylic acids is 1. The second-order valence-electron chi connectivity index (χ2n) is 5.91. The Hall–Kier alpha value is -2.04. The van der Waals surface area contributed by atoms with E-state index in [4.69, 9.17) is 4.74 Å². The smallest absolute Gasteiger partial charge is 0.244 e. The number of amides is 1. The highest BCUT2D eigenvalue weighted by atomic mass is 32.2. The molecular formula is C16H18FN3O4S2. The van der Waals surface area contributed by atoms with Crippen LogP contribution in [-0.4, -0.2) is 49.6 Å². The molecule has 1 aliphatic rings. The molecule has 0 radical (unpaired) electrons. The van der Waals surface area contributed by atoms with Crippen molar-refractivity contribution in [3.8, 4) is 17.0 Å². The quantitative estimate of drug-likeness (QED) is 0.834. The standard InChI is InChI=1S/C16H18FN3O4S2/c1-24-14-6-5-10(8-11(14)17)12-9-25-16(18-12)19-15(21)13-4-3-7-20(13)26(2,22)23/h5-6,8-9,13H,3-4,7H2,1-2H3,(H,18,19,21)/t13-/m0/s1. The van der Waals surface area contributed by atoms with Crippen molar-refractivity contribution >= 4 is 32.4 Å². The van der Waals surface area contributed by atoms with Gasteiger partial charge in [-0.3, -0.25) is 4.79 Å². The summed E-state index contributed by atoms with van der Waals surface area (Å²) in [5.74, 6) is -0.771. The molecular weight excluding hydrogens is 381 g/mol. The summed E-state index contributed by atoms with van der Waals surface area (Å²) in [5.41, 5.74) is 1.07. The Bertz CT molecular complexity index is 929. The van der Waals surface area contributed by atoms with E-state index in [-0.39, 0.29) is 5.75 Å². The number of rotatable bonds is 5. The van der Waals surface area contributed by atoms with Crippen molar-refractivity contribution in [1.82, 2.24) is 9.29 Å². The average Bonchev–Trinajstić information content (AvgIpc) is 3.23. The highest BCUT2D eigenvalue weighted by molar-refractivity contribution is 7.88. The summed E-state index contributed by atoms with van der Waals surface area (Å²) in [5, 5.41) is 4.69. The molecule has 1 aliphatic heterocycles. The molecule has 2 heterocycles. The van der Waals surface area contributed by atoms with Crippen LogP contribution in [0.5, 0.6) is 5.75 Å².